The van der Waals surface area contributed by atoms with Gasteiger partial charge in [-0.25, -0.2) is 4.98 Å². The molecule has 0 aliphatic heterocycles. The molecule has 3 heterocycles. The van der Waals surface area contributed by atoms with Crippen molar-refractivity contribution in [2.75, 3.05) is 5.32 Å². The minimum Gasteiger partial charge on any atom is -0.378 e. The van der Waals surface area contributed by atoms with Gasteiger partial charge in [0.15, 0.2) is 0 Å². The predicted molar refractivity (Wildman–Crippen MR) is 94.0 cm³/mol. The lowest BCUT2D eigenvalue weighted by molar-refractivity contribution is 1.08. The standard InChI is InChI=1S/C18H12ClN5/c19-13-5-6-17-23-14(11-24(17)10-13)9-22-18-12(7-20)8-21-16-4-2-1-3-15(16)18/h1-6,8,10-11H,9H2,(H,21,22). The van der Waals surface area contributed by atoms with E-state index in [2.05, 4.69) is 21.4 Å². The smallest absolute Gasteiger partial charge is 0.137 e. The van der Waals surface area contributed by atoms with Crippen LogP contribution >= 0.6 is 11.6 Å². The van der Waals surface area contributed by atoms with Crippen LogP contribution in [-0.4, -0.2) is 14.4 Å². The summed E-state index contributed by atoms with van der Waals surface area (Å²) >= 11 is 6.00. The lowest BCUT2D eigenvalue weighted by atomic mass is 10.1. The average molecular weight is 334 g/mol. The molecule has 5 nitrogen and oxygen atoms in total. The number of nitrogens with zero attached hydrogens (tertiary/aromatic N) is 4. The van der Waals surface area contributed by atoms with E-state index < -0.39 is 0 Å². The van der Waals surface area contributed by atoms with Crippen molar-refractivity contribution in [3.63, 3.8) is 0 Å². The summed E-state index contributed by atoms with van der Waals surface area (Å²) in [5, 5.41) is 14.3. The monoisotopic (exact) mass is 333 g/mol. The molecule has 0 spiro atoms. The minimum absolute atomic E-state index is 0.502. The van der Waals surface area contributed by atoms with E-state index in [9.17, 15) is 5.26 Å². The van der Waals surface area contributed by atoms with Crippen molar-refractivity contribution in [3.05, 3.63) is 71.3 Å². The topological polar surface area (TPSA) is 66.0 Å². The first kappa shape index (κ1) is 14.5. The number of hydrogen-bond acceptors (Lipinski definition) is 4. The van der Waals surface area contributed by atoms with Crippen LogP contribution in [0.5, 0.6) is 0 Å². The number of nitriles is 1. The third kappa shape index (κ3) is 2.53. The van der Waals surface area contributed by atoms with Crippen LogP contribution in [0.25, 0.3) is 16.6 Å². The number of aromatic nitrogens is 3. The molecular formula is C18H12ClN5. The number of nitrogens with one attached hydrogen (secondary N) is 1. The van der Waals surface area contributed by atoms with Crippen molar-refractivity contribution in [2.24, 2.45) is 0 Å². The highest BCUT2D eigenvalue weighted by Gasteiger charge is 2.09. The number of imidazole rings is 1. The van der Waals surface area contributed by atoms with Crippen LogP contribution < -0.4 is 5.32 Å². The third-order valence-corrected chi connectivity index (χ3v) is 4.03. The molecule has 24 heavy (non-hydrogen) atoms. The first-order valence-electron chi connectivity index (χ1n) is 7.39. The molecule has 1 N–H and O–H groups in total. The number of fused-ring (bicyclic) bond motifs is 2. The Kier molecular flexibility index (Phi) is 3.52. The molecule has 6 heteroatoms. The second-order valence-corrected chi connectivity index (χ2v) is 5.81. The number of para-hydroxylation sites is 1. The molecular weight excluding hydrogens is 322 g/mol. The first-order chi connectivity index (χ1) is 11.7. The lowest BCUT2D eigenvalue weighted by Gasteiger charge is -2.10. The van der Waals surface area contributed by atoms with Gasteiger partial charge in [0.1, 0.15) is 11.7 Å². The van der Waals surface area contributed by atoms with Gasteiger partial charge in [0.2, 0.25) is 0 Å². The van der Waals surface area contributed by atoms with Gasteiger partial charge in [0.25, 0.3) is 0 Å². The van der Waals surface area contributed by atoms with Crippen LogP contribution in [0.15, 0.2) is 55.0 Å². The van der Waals surface area contributed by atoms with Gasteiger partial charge < -0.3 is 9.72 Å². The zero-order valence-electron chi connectivity index (χ0n) is 12.6. The van der Waals surface area contributed by atoms with E-state index in [0.29, 0.717) is 17.1 Å². The van der Waals surface area contributed by atoms with Gasteiger partial charge in [0, 0.05) is 24.0 Å². The Morgan fingerprint density at radius 3 is 2.92 bits per heavy atom. The van der Waals surface area contributed by atoms with Gasteiger partial charge in [-0.3, -0.25) is 4.98 Å². The fraction of sp³-hybridized carbons (Fsp3) is 0.0556. The van der Waals surface area contributed by atoms with E-state index in [1.54, 1.807) is 6.20 Å². The van der Waals surface area contributed by atoms with Crippen molar-refractivity contribution in [3.8, 4) is 6.07 Å². The highest BCUT2D eigenvalue weighted by atomic mass is 35.5. The van der Waals surface area contributed by atoms with Crippen molar-refractivity contribution in [2.45, 2.75) is 6.54 Å². The number of hydrogen-bond donors (Lipinski definition) is 1. The summed E-state index contributed by atoms with van der Waals surface area (Å²) in [4.78, 5) is 8.86. The van der Waals surface area contributed by atoms with E-state index in [4.69, 9.17) is 11.6 Å². The van der Waals surface area contributed by atoms with Crippen molar-refractivity contribution in [1.29, 1.82) is 5.26 Å². The number of benzene rings is 1. The maximum atomic E-state index is 9.36. The number of halogens is 1. The summed E-state index contributed by atoms with van der Waals surface area (Å²) in [5.74, 6) is 0. The number of anilines is 1. The maximum Gasteiger partial charge on any atom is 0.137 e. The summed E-state index contributed by atoms with van der Waals surface area (Å²) in [5.41, 5.74) is 3.83. The van der Waals surface area contributed by atoms with Crippen molar-refractivity contribution >= 4 is 33.8 Å². The second kappa shape index (κ2) is 5.84. The lowest BCUT2D eigenvalue weighted by Crippen LogP contribution is -2.03. The predicted octanol–water partition coefficient (Wildman–Crippen LogP) is 4.02. The molecule has 3 aromatic heterocycles. The summed E-state index contributed by atoms with van der Waals surface area (Å²) < 4.78 is 1.88. The SMILES string of the molecule is N#Cc1cnc2ccccc2c1NCc1cn2cc(Cl)ccc2n1. The van der Waals surface area contributed by atoms with Crippen LogP contribution in [0, 0.1) is 11.3 Å². The fourth-order valence-corrected chi connectivity index (χ4v) is 2.87. The Bertz CT molecular complexity index is 1090. The Morgan fingerprint density at radius 2 is 2.04 bits per heavy atom. The number of rotatable bonds is 3. The van der Waals surface area contributed by atoms with E-state index >= 15 is 0 Å². The Balaban J connectivity index is 1.70. The largest absolute Gasteiger partial charge is 0.378 e. The highest BCUT2D eigenvalue weighted by Crippen LogP contribution is 2.25. The van der Waals surface area contributed by atoms with Gasteiger partial charge in [-0.15, -0.1) is 0 Å². The normalized spacial score (nSPS) is 10.8. The molecule has 0 radical (unpaired) electrons. The summed E-state index contributed by atoms with van der Waals surface area (Å²) in [6, 6.07) is 13.6. The number of pyridine rings is 2. The molecule has 1 aromatic carbocycles. The van der Waals surface area contributed by atoms with Crippen LogP contribution in [-0.2, 0) is 6.54 Å². The van der Waals surface area contributed by atoms with Crippen LogP contribution in [0.3, 0.4) is 0 Å². The van der Waals surface area contributed by atoms with Crippen LogP contribution in [0.2, 0.25) is 5.02 Å². The molecule has 116 valence electrons. The summed E-state index contributed by atoms with van der Waals surface area (Å²) in [6.45, 7) is 0.502. The zero-order valence-corrected chi connectivity index (χ0v) is 13.3. The van der Waals surface area contributed by atoms with Crippen LogP contribution in [0.4, 0.5) is 5.69 Å². The molecule has 0 amide bonds. The Hall–Kier alpha value is -3.10. The average Bonchev–Trinajstić information content (AvgIpc) is 3.01. The summed E-state index contributed by atoms with van der Waals surface area (Å²) in [6.07, 6.45) is 5.33. The van der Waals surface area contributed by atoms with Gasteiger partial charge >= 0.3 is 0 Å². The van der Waals surface area contributed by atoms with Crippen LogP contribution in [0.1, 0.15) is 11.3 Å². The first-order valence-corrected chi connectivity index (χ1v) is 7.77. The Labute approximate surface area is 143 Å². The second-order valence-electron chi connectivity index (χ2n) is 5.37. The van der Waals surface area contributed by atoms with E-state index in [1.807, 2.05) is 53.2 Å². The molecule has 0 aliphatic rings. The van der Waals surface area contributed by atoms with Gasteiger partial charge in [0.05, 0.1) is 34.0 Å². The fourth-order valence-electron chi connectivity index (χ4n) is 2.70. The maximum absolute atomic E-state index is 9.36. The minimum atomic E-state index is 0.502. The third-order valence-electron chi connectivity index (χ3n) is 3.81. The molecule has 0 bridgehead atoms. The Morgan fingerprint density at radius 1 is 1.17 bits per heavy atom. The van der Waals surface area contributed by atoms with Crippen molar-refractivity contribution in [1.82, 2.24) is 14.4 Å². The quantitative estimate of drug-likeness (QED) is 0.615. The molecule has 0 unspecified atom stereocenters. The van der Waals surface area contributed by atoms with E-state index in [0.717, 1.165) is 27.9 Å². The molecule has 0 atom stereocenters. The molecule has 0 aliphatic carbocycles. The molecule has 0 fully saturated rings. The molecule has 0 saturated heterocycles. The van der Waals surface area contributed by atoms with Gasteiger partial charge in [-0.05, 0) is 18.2 Å². The molecule has 4 aromatic rings. The van der Waals surface area contributed by atoms with E-state index in [1.165, 1.54) is 0 Å². The van der Waals surface area contributed by atoms with Gasteiger partial charge in [-0.1, -0.05) is 29.8 Å². The zero-order chi connectivity index (χ0) is 16.5. The molecule has 4 rings (SSSR count). The molecule has 0 saturated carbocycles. The van der Waals surface area contributed by atoms with Crippen molar-refractivity contribution < 1.29 is 0 Å². The van der Waals surface area contributed by atoms with Gasteiger partial charge in [-0.2, -0.15) is 5.26 Å². The van der Waals surface area contributed by atoms with E-state index in [-0.39, 0.29) is 0 Å². The summed E-state index contributed by atoms with van der Waals surface area (Å²) in [7, 11) is 0. The highest BCUT2D eigenvalue weighted by molar-refractivity contribution is 6.30.